The van der Waals surface area contributed by atoms with E-state index >= 15 is 0 Å². The number of hydrogen-bond donors (Lipinski definition) is 1. The average Bonchev–Trinajstić information content (AvgIpc) is 0.910. The quantitative estimate of drug-likeness (QED) is 0.0256. The molecule has 0 bridgehead atoms. The second-order valence-corrected chi connectivity index (χ2v) is 29.4. The Balaban J connectivity index is 3.57. The molecule has 0 aromatic rings. The first-order valence-corrected chi connectivity index (χ1v) is 41.3. The van der Waals surface area contributed by atoms with Crippen LogP contribution in [0.15, 0.2) is 12.2 Å². The first-order valence-electron chi connectivity index (χ1n) is 41.3. The first-order chi connectivity index (χ1) is 52.0. The molecule has 1 amide bonds. The lowest BCUT2D eigenvalue weighted by Crippen LogP contribution is -2.29. The number of amides is 1. The summed E-state index contributed by atoms with van der Waals surface area (Å²) < 4.78 is 63.3. The van der Waals surface area contributed by atoms with Crippen molar-refractivity contribution in [2.75, 3.05) is 85.8 Å². The summed E-state index contributed by atoms with van der Waals surface area (Å²) in [6, 6.07) is 0. The fourth-order valence-electron chi connectivity index (χ4n) is 11.6. The fourth-order valence-corrected chi connectivity index (χ4v) is 11.6. The van der Waals surface area contributed by atoms with Crippen molar-refractivity contribution in [1.29, 1.82) is 0 Å². The van der Waals surface area contributed by atoms with E-state index in [0.29, 0.717) is 218 Å². The number of alkyl carbamates (subject to hydrolysis) is 1. The monoisotopic (exact) mass is 1540 g/mol. The van der Waals surface area contributed by atoms with Gasteiger partial charge in [0.2, 0.25) is 0 Å². The molecule has 0 aromatic carbocycles. The molecule has 1 N–H and O–H groups in total. The van der Waals surface area contributed by atoms with Gasteiger partial charge in [0, 0.05) is 69.8 Å². The summed E-state index contributed by atoms with van der Waals surface area (Å²) in [5, 5.41) is 2.48. The van der Waals surface area contributed by atoms with Gasteiger partial charge in [0.05, 0.1) is 79.2 Å². The highest BCUT2D eigenvalue weighted by Gasteiger charge is 2.22. The average molecular weight is 1540 g/mol. The number of unbranched alkanes of at least 4 members (excludes halogenated alkanes) is 21. The Morgan fingerprint density at radius 1 is 0.296 bits per heavy atom. The zero-order chi connectivity index (χ0) is 79.8. The van der Waals surface area contributed by atoms with Crippen molar-refractivity contribution in [3.8, 4) is 0 Å². The Labute approximate surface area is 647 Å². The van der Waals surface area contributed by atoms with Crippen LogP contribution in [-0.4, -0.2) is 158 Å². The maximum atomic E-state index is 12.3. The molecule has 25 nitrogen and oxygen atoms in total. The summed E-state index contributed by atoms with van der Waals surface area (Å²) in [4.78, 5) is 144. The zero-order valence-corrected chi connectivity index (χ0v) is 67.6. The normalized spacial score (nSPS) is 11.6. The largest absolute Gasteiger partial charge is 0.466 e. The van der Waals surface area contributed by atoms with E-state index in [1.54, 1.807) is 0 Å². The second kappa shape index (κ2) is 71.8. The number of hydrogen-bond acceptors (Lipinski definition) is 24. The van der Waals surface area contributed by atoms with Gasteiger partial charge < -0.3 is 62.2 Å². The number of esters is 11. The van der Waals surface area contributed by atoms with Gasteiger partial charge in [-0.25, -0.2) is 9.59 Å². The highest BCUT2D eigenvalue weighted by atomic mass is 16.6. The summed E-state index contributed by atoms with van der Waals surface area (Å²) in [6.45, 7) is 19.8. The van der Waals surface area contributed by atoms with E-state index in [0.717, 1.165) is 31.6 Å². The molecule has 0 aliphatic carbocycles. The molecule has 0 saturated heterocycles. The van der Waals surface area contributed by atoms with Crippen LogP contribution in [0.4, 0.5) is 4.79 Å². The van der Waals surface area contributed by atoms with E-state index in [9.17, 15) is 57.5 Å². The molecule has 0 radical (unpaired) electrons. The third kappa shape index (κ3) is 72.1. The summed E-state index contributed by atoms with van der Waals surface area (Å²) in [5.74, 6) is -2.08. The SMILES string of the molecule is C=C(C)C(=O)OCCNC(=O)OCCCCCC(=O)OCCCCCC(=O)OCCCCCC(=O)OCCCCCC(=O)OCCCCCC(=O)OCCCCCC(=O)OCCCCCC(=O)OCCCCCC(=O)OCCCCCC(=O)OCCCCCC(=O)OCC(C)CC(C)(C)CCCCC(C)CCC. The van der Waals surface area contributed by atoms with Crippen LogP contribution in [0.25, 0.3) is 0 Å². The zero-order valence-electron chi connectivity index (χ0n) is 67.6. The first kappa shape index (κ1) is 101. The molecule has 2 unspecified atom stereocenters. The number of carbonyl (C=O) groups excluding carboxylic acids is 12. The summed E-state index contributed by atoms with van der Waals surface area (Å²) in [5.41, 5.74) is 0.513. The van der Waals surface area contributed by atoms with Gasteiger partial charge in [-0.3, -0.25) is 47.9 Å². The van der Waals surface area contributed by atoms with Crippen LogP contribution < -0.4 is 5.32 Å². The Bertz CT molecular complexity index is 2430. The van der Waals surface area contributed by atoms with Crippen LogP contribution >= 0.6 is 0 Å². The molecular weight excluding hydrogens is 1390 g/mol. The lowest BCUT2D eigenvalue weighted by atomic mass is 9.79. The topological polar surface area (TPSA) is 328 Å². The van der Waals surface area contributed by atoms with E-state index in [4.69, 9.17) is 56.8 Å². The number of carbonyl (C=O) groups is 12. The molecule has 0 aromatic heterocycles. The van der Waals surface area contributed by atoms with E-state index < -0.39 is 12.1 Å². The minimum atomic E-state index is -0.612. The molecule has 0 spiro atoms. The van der Waals surface area contributed by atoms with Crippen molar-refractivity contribution in [3.63, 3.8) is 0 Å². The van der Waals surface area contributed by atoms with Gasteiger partial charge in [0.15, 0.2) is 0 Å². The van der Waals surface area contributed by atoms with Crippen LogP contribution in [-0.2, 0) is 110 Å². The molecule has 0 saturated carbocycles. The highest BCUT2D eigenvalue weighted by Crippen LogP contribution is 2.32. The minimum Gasteiger partial charge on any atom is -0.466 e. The summed E-state index contributed by atoms with van der Waals surface area (Å²) >= 11 is 0. The van der Waals surface area contributed by atoms with Crippen molar-refractivity contribution >= 4 is 71.8 Å². The third-order valence-corrected chi connectivity index (χ3v) is 17.8. The van der Waals surface area contributed by atoms with Gasteiger partial charge in [0.25, 0.3) is 0 Å². The van der Waals surface area contributed by atoms with E-state index in [-0.39, 0.29) is 182 Å². The van der Waals surface area contributed by atoms with Gasteiger partial charge in [-0.15, -0.1) is 0 Å². The molecule has 0 fully saturated rings. The number of rotatable bonds is 75. The predicted octanol–water partition coefficient (Wildman–Crippen LogP) is 16.9. The standard InChI is InChI=1S/C83H143NO24/c1-8-41-69(4)42-29-30-53-83(6,7)66-70(5)67-108-80(94)52-28-17-39-63-105-78(92)50-26-15-37-61-103-76(90)48-24-13-35-59-101-74(88)46-22-11-33-57-99-72(86)44-20-9-31-55-97-71(85)43-19-10-32-56-98-73(87)45-21-12-34-58-100-75(89)47-23-14-36-60-102-77(91)49-25-16-38-62-104-79(93)51-27-18-40-64-107-82(96)84-54-65-106-81(95)68(2)3/h69-70H,2,8-67H2,1,3-7H3,(H,84,96). The molecule has 0 rings (SSSR count). The van der Waals surface area contributed by atoms with Gasteiger partial charge in [-0.1, -0.05) is 73.3 Å². The van der Waals surface area contributed by atoms with Crippen LogP contribution in [0.1, 0.15) is 343 Å². The van der Waals surface area contributed by atoms with Crippen molar-refractivity contribution in [3.05, 3.63) is 12.2 Å². The van der Waals surface area contributed by atoms with Crippen molar-refractivity contribution in [2.45, 2.75) is 343 Å². The molecule has 624 valence electrons. The van der Waals surface area contributed by atoms with Crippen molar-refractivity contribution < 1.29 is 114 Å². The van der Waals surface area contributed by atoms with E-state index in [1.165, 1.54) is 45.4 Å². The third-order valence-electron chi connectivity index (χ3n) is 17.8. The van der Waals surface area contributed by atoms with Crippen molar-refractivity contribution in [1.82, 2.24) is 5.32 Å². The van der Waals surface area contributed by atoms with Crippen LogP contribution in [0, 0.1) is 17.3 Å². The van der Waals surface area contributed by atoms with E-state index in [2.05, 4.69) is 46.5 Å². The fraction of sp³-hybridized carbons (Fsp3) is 0.831. The predicted molar refractivity (Wildman–Crippen MR) is 409 cm³/mol. The van der Waals surface area contributed by atoms with Crippen LogP contribution in [0.3, 0.4) is 0 Å². The van der Waals surface area contributed by atoms with Crippen LogP contribution in [0.2, 0.25) is 0 Å². The number of nitrogens with one attached hydrogen (secondary N) is 1. The van der Waals surface area contributed by atoms with Gasteiger partial charge >= 0.3 is 71.8 Å². The maximum absolute atomic E-state index is 12.3. The van der Waals surface area contributed by atoms with Crippen molar-refractivity contribution in [2.24, 2.45) is 17.3 Å². The Morgan fingerprint density at radius 3 is 0.796 bits per heavy atom. The highest BCUT2D eigenvalue weighted by molar-refractivity contribution is 5.87. The molecule has 108 heavy (non-hydrogen) atoms. The Kier molecular flexibility index (Phi) is 67.2. The summed E-state index contributed by atoms with van der Waals surface area (Å²) in [6.07, 6.45) is 30.9. The molecule has 25 heteroatoms. The van der Waals surface area contributed by atoms with Gasteiger partial charge in [0.1, 0.15) is 6.61 Å². The minimum absolute atomic E-state index is 0.0164. The lowest BCUT2D eigenvalue weighted by molar-refractivity contribution is -0.146. The maximum Gasteiger partial charge on any atom is 0.407 e. The molecule has 0 aliphatic heterocycles. The summed E-state index contributed by atoms with van der Waals surface area (Å²) in [7, 11) is 0. The Morgan fingerprint density at radius 2 is 0.546 bits per heavy atom. The number of ether oxygens (including phenoxy) is 12. The smallest absolute Gasteiger partial charge is 0.407 e. The van der Waals surface area contributed by atoms with E-state index in [1.807, 2.05) is 0 Å². The van der Waals surface area contributed by atoms with Gasteiger partial charge in [-0.05, 0) is 230 Å². The molecule has 0 heterocycles. The van der Waals surface area contributed by atoms with Crippen LogP contribution in [0.5, 0.6) is 0 Å². The molecule has 0 aliphatic rings. The Hall–Kier alpha value is -6.82. The second-order valence-electron chi connectivity index (χ2n) is 29.4. The molecule has 2 atom stereocenters. The lowest BCUT2D eigenvalue weighted by Gasteiger charge is -2.28. The molecular formula is C83H143NO24. The van der Waals surface area contributed by atoms with Gasteiger partial charge in [-0.2, -0.15) is 0 Å².